The first-order chi connectivity index (χ1) is 13.5. The van der Waals surface area contributed by atoms with Gasteiger partial charge in [0.1, 0.15) is 0 Å². The van der Waals surface area contributed by atoms with Crippen LogP contribution in [0, 0.1) is 12.8 Å². The minimum atomic E-state index is -0.461. The summed E-state index contributed by atoms with van der Waals surface area (Å²) in [5, 5.41) is 3.27. The molecule has 0 unspecified atom stereocenters. The Morgan fingerprint density at radius 1 is 1.18 bits per heavy atom. The van der Waals surface area contributed by atoms with Crippen LogP contribution in [0.5, 0.6) is 0 Å². The number of ether oxygens (including phenoxy) is 1. The van der Waals surface area contributed by atoms with Crippen molar-refractivity contribution < 1.29 is 14.3 Å². The van der Waals surface area contributed by atoms with Gasteiger partial charge in [0.15, 0.2) is 0 Å². The number of amides is 1. The van der Waals surface area contributed by atoms with Crippen molar-refractivity contribution in [2.75, 3.05) is 25.5 Å². The van der Waals surface area contributed by atoms with Crippen LogP contribution in [0.3, 0.4) is 0 Å². The topological polar surface area (TPSA) is 58.6 Å². The van der Waals surface area contributed by atoms with Crippen molar-refractivity contribution in [1.29, 1.82) is 0 Å². The van der Waals surface area contributed by atoms with E-state index < -0.39 is 5.97 Å². The van der Waals surface area contributed by atoms with E-state index in [0.29, 0.717) is 16.3 Å². The number of methoxy groups -OCH3 is 1. The summed E-state index contributed by atoms with van der Waals surface area (Å²) in [4.78, 5) is 26.7. The fourth-order valence-corrected chi connectivity index (χ4v) is 3.69. The molecule has 1 N–H and O–H groups in total. The maximum atomic E-state index is 12.7. The third-order valence-electron chi connectivity index (χ3n) is 5.09. The first-order valence-corrected chi connectivity index (χ1v) is 9.80. The normalized spacial score (nSPS) is 15.2. The second-order valence-corrected chi connectivity index (χ2v) is 7.62. The van der Waals surface area contributed by atoms with Crippen molar-refractivity contribution >= 4 is 29.2 Å². The van der Waals surface area contributed by atoms with E-state index in [9.17, 15) is 9.59 Å². The number of nitrogens with zero attached hydrogens (tertiary/aromatic N) is 1. The Bertz CT molecular complexity index is 861. The Morgan fingerprint density at radius 2 is 1.93 bits per heavy atom. The third kappa shape index (κ3) is 5.12. The van der Waals surface area contributed by atoms with Crippen molar-refractivity contribution in [2.45, 2.75) is 26.3 Å². The molecule has 1 amide bonds. The van der Waals surface area contributed by atoms with Crippen LogP contribution in [0.1, 0.15) is 34.3 Å². The molecule has 0 atom stereocenters. The number of likely N-dealkylation sites (tertiary alicyclic amines) is 1. The molecule has 1 aliphatic rings. The number of anilines is 1. The molecule has 1 aliphatic heterocycles. The highest BCUT2D eigenvalue weighted by Crippen LogP contribution is 2.26. The monoisotopic (exact) mass is 400 g/mol. The lowest BCUT2D eigenvalue weighted by atomic mass is 9.95. The molecular formula is C22H25ClN2O3. The van der Waals surface area contributed by atoms with E-state index in [1.807, 2.05) is 0 Å². The minimum absolute atomic E-state index is 0.0564. The van der Waals surface area contributed by atoms with Crippen LogP contribution in [-0.2, 0) is 16.1 Å². The Labute approximate surface area is 170 Å². The Hall–Kier alpha value is -2.37. The van der Waals surface area contributed by atoms with E-state index in [0.717, 1.165) is 32.5 Å². The van der Waals surface area contributed by atoms with Gasteiger partial charge < -0.3 is 10.1 Å². The Balaban J connectivity index is 1.56. The molecule has 2 aromatic carbocycles. The molecule has 0 aromatic heterocycles. The van der Waals surface area contributed by atoms with Gasteiger partial charge in [-0.1, -0.05) is 41.4 Å². The lowest BCUT2D eigenvalue weighted by molar-refractivity contribution is -0.121. The van der Waals surface area contributed by atoms with Gasteiger partial charge >= 0.3 is 5.97 Å². The summed E-state index contributed by atoms with van der Waals surface area (Å²) in [5.41, 5.74) is 3.36. The first kappa shape index (κ1) is 20.4. The summed E-state index contributed by atoms with van der Waals surface area (Å²) in [7, 11) is 1.32. The van der Waals surface area contributed by atoms with Gasteiger partial charge in [0.05, 0.1) is 23.4 Å². The summed E-state index contributed by atoms with van der Waals surface area (Å²) >= 11 is 6.18. The molecule has 28 heavy (non-hydrogen) atoms. The molecule has 148 valence electrons. The van der Waals surface area contributed by atoms with Gasteiger partial charge in [0.2, 0.25) is 5.91 Å². The number of halogens is 1. The standard InChI is InChI=1S/C22H25ClN2O3/c1-15-4-3-5-16(12-15)14-25-10-8-17(9-11-25)21(26)24-20-13-18(22(27)28-2)6-7-19(20)23/h3-7,12-13,17H,8-11,14H2,1-2H3,(H,24,26). The number of benzene rings is 2. The summed E-state index contributed by atoms with van der Waals surface area (Å²) in [5.74, 6) is -0.581. The van der Waals surface area contributed by atoms with Gasteiger partial charge in [-0.05, 0) is 56.6 Å². The molecule has 6 heteroatoms. The van der Waals surface area contributed by atoms with E-state index in [1.165, 1.54) is 18.2 Å². The molecule has 0 saturated carbocycles. The lowest BCUT2D eigenvalue weighted by Crippen LogP contribution is -2.37. The molecule has 0 aliphatic carbocycles. The molecule has 0 radical (unpaired) electrons. The van der Waals surface area contributed by atoms with Crippen molar-refractivity contribution in [1.82, 2.24) is 4.90 Å². The number of hydrogen-bond acceptors (Lipinski definition) is 4. The molecule has 1 fully saturated rings. The third-order valence-corrected chi connectivity index (χ3v) is 5.42. The van der Waals surface area contributed by atoms with Crippen molar-refractivity contribution in [3.8, 4) is 0 Å². The van der Waals surface area contributed by atoms with Gasteiger partial charge in [0, 0.05) is 12.5 Å². The highest BCUT2D eigenvalue weighted by Gasteiger charge is 2.25. The van der Waals surface area contributed by atoms with Crippen LogP contribution in [0.25, 0.3) is 0 Å². The van der Waals surface area contributed by atoms with Crippen molar-refractivity contribution in [3.05, 3.63) is 64.2 Å². The maximum absolute atomic E-state index is 12.7. The van der Waals surface area contributed by atoms with Crippen LogP contribution in [0.4, 0.5) is 5.69 Å². The van der Waals surface area contributed by atoms with Gasteiger partial charge in [-0.25, -0.2) is 4.79 Å². The summed E-state index contributed by atoms with van der Waals surface area (Å²) in [6.45, 7) is 4.76. The number of carbonyl (C=O) groups excluding carboxylic acids is 2. The Kier molecular flexibility index (Phi) is 6.70. The highest BCUT2D eigenvalue weighted by molar-refractivity contribution is 6.33. The summed E-state index contributed by atoms with van der Waals surface area (Å²) < 4.78 is 4.72. The Morgan fingerprint density at radius 3 is 2.61 bits per heavy atom. The SMILES string of the molecule is COC(=O)c1ccc(Cl)c(NC(=O)C2CCN(Cc3cccc(C)c3)CC2)c1. The second kappa shape index (κ2) is 9.22. The predicted molar refractivity (Wildman–Crippen MR) is 111 cm³/mol. The lowest BCUT2D eigenvalue weighted by Gasteiger charge is -2.31. The second-order valence-electron chi connectivity index (χ2n) is 7.21. The largest absolute Gasteiger partial charge is 0.465 e. The number of piperidine rings is 1. The first-order valence-electron chi connectivity index (χ1n) is 9.43. The van der Waals surface area contributed by atoms with Gasteiger partial charge in [0.25, 0.3) is 0 Å². The number of carbonyl (C=O) groups is 2. The van der Waals surface area contributed by atoms with Crippen LogP contribution < -0.4 is 5.32 Å². The fraction of sp³-hybridized carbons (Fsp3) is 0.364. The highest BCUT2D eigenvalue weighted by atomic mass is 35.5. The molecule has 2 aromatic rings. The van der Waals surface area contributed by atoms with Crippen molar-refractivity contribution in [3.63, 3.8) is 0 Å². The zero-order valence-electron chi connectivity index (χ0n) is 16.2. The minimum Gasteiger partial charge on any atom is -0.465 e. The zero-order chi connectivity index (χ0) is 20.1. The smallest absolute Gasteiger partial charge is 0.337 e. The number of nitrogens with one attached hydrogen (secondary N) is 1. The molecule has 0 spiro atoms. The molecule has 3 rings (SSSR count). The summed E-state index contributed by atoms with van der Waals surface area (Å²) in [6.07, 6.45) is 1.60. The summed E-state index contributed by atoms with van der Waals surface area (Å²) in [6, 6.07) is 13.2. The van der Waals surface area contributed by atoms with E-state index in [1.54, 1.807) is 18.2 Å². The van der Waals surface area contributed by atoms with Gasteiger partial charge in [-0.3, -0.25) is 9.69 Å². The van der Waals surface area contributed by atoms with Crippen molar-refractivity contribution in [2.24, 2.45) is 5.92 Å². The maximum Gasteiger partial charge on any atom is 0.337 e. The quantitative estimate of drug-likeness (QED) is 0.761. The van der Waals surface area contributed by atoms with E-state index in [-0.39, 0.29) is 11.8 Å². The molecule has 0 bridgehead atoms. The molecule has 5 nitrogen and oxygen atoms in total. The molecular weight excluding hydrogens is 376 g/mol. The number of esters is 1. The average molecular weight is 401 g/mol. The van der Waals surface area contributed by atoms with E-state index in [2.05, 4.69) is 41.4 Å². The zero-order valence-corrected chi connectivity index (χ0v) is 17.0. The predicted octanol–water partition coefficient (Wildman–Crippen LogP) is 4.29. The van der Waals surface area contributed by atoms with E-state index in [4.69, 9.17) is 16.3 Å². The van der Waals surface area contributed by atoms with Crippen LogP contribution in [0.2, 0.25) is 5.02 Å². The molecule has 1 saturated heterocycles. The number of aryl methyl sites for hydroxylation is 1. The molecule has 1 heterocycles. The number of rotatable bonds is 5. The average Bonchev–Trinajstić information content (AvgIpc) is 2.69. The van der Waals surface area contributed by atoms with Crippen LogP contribution >= 0.6 is 11.6 Å². The van der Waals surface area contributed by atoms with E-state index >= 15 is 0 Å². The van der Waals surface area contributed by atoms with Crippen LogP contribution in [-0.4, -0.2) is 37.0 Å². The van der Waals surface area contributed by atoms with Gasteiger partial charge in [-0.2, -0.15) is 0 Å². The van der Waals surface area contributed by atoms with Crippen LogP contribution in [0.15, 0.2) is 42.5 Å². The van der Waals surface area contributed by atoms with Gasteiger partial charge in [-0.15, -0.1) is 0 Å². The number of hydrogen-bond donors (Lipinski definition) is 1. The fourth-order valence-electron chi connectivity index (χ4n) is 3.52.